The number of carbonyl (C=O) groups is 2. The molecule has 0 amide bonds. The molecule has 136 valence electrons. The minimum atomic E-state index is -0.743. The first-order valence-electron chi connectivity index (χ1n) is 7.59. The molecule has 1 aliphatic rings. The average Bonchev–Trinajstić information content (AvgIpc) is 3.20. The lowest BCUT2D eigenvalue weighted by molar-refractivity contribution is -0.140. The summed E-state index contributed by atoms with van der Waals surface area (Å²) < 4.78 is 30.9. The Kier molecular flexibility index (Phi) is 4.99. The van der Waals surface area contributed by atoms with Crippen molar-refractivity contribution in [1.29, 1.82) is 0 Å². The minimum Gasteiger partial charge on any atom is -0.466 e. The van der Waals surface area contributed by atoms with Crippen molar-refractivity contribution in [2.45, 2.75) is 0 Å². The molecular weight excluding hydrogens is 345 g/mol. The Balaban J connectivity index is 2.05. The molecule has 0 N–H and O–H groups in total. The highest BCUT2D eigenvalue weighted by molar-refractivity contribution is 6.03. The van der Waals surface area contributed by atoms with Crippen molar-refractivity contribution >= 4 is 17.6 Å². The van der Waals surface area contributed by atoms with Gasteiger partial charge in [0.05, 0.1) is 38.4 Å². The number of hydrogen-bond donors (Lipinski definition) is 0. The van der Waals surface area contributed by atoms with Gasteiger partial charge >= 0.3 is 11.9 Å². The first kappa shape index (κ1) is 17.6. The molecule has 1 aromatic carbocycles. The Labute approximate surface area is 148 Å². The molecule has 9 heteroatoms. The summed E-state index contributed by atoms with van der Waals surface area (Å²) >= 11 is 0. The molecule has 0 bridgehead atoms. The number of carbonyl (C=O) groups excluding carboxylic acids is 2. The van der Waals surface area contributed by atoms with E-state index in [4.69, 9.17) is 14.2 Å². The van der Waals surface area contributed by atoms with E-state index in [2.05, 4.69) is 4.98 Å². The summed E-state index contributed by atoms with van der Waals surface area (Å²) in [5, 5.41) is 0. The maximum Gasteiger partial charge on any atom is 0.355 e. The van der Waals surface area contributed by atoms with Crippen molar-refractivity contribution in [3.8, 4) is 5.69 Å². The van der Waals surface area contributed by atoms with Gasteiger partial charge in [0, 0.05) is 18.1 Å². The van der Waals surface area contributed by atoms with Crippen LogP contribution in [-0.4, -0.2) is 49.0 Å². The zero-order valence-electron chi connectivity index (χ0n) is 14.1. The second-order valence-electron chi connectivity index (χ2n) is 5.32. The molecule has 0 spiro atoms. The maximum atomic E-state index is 14.6. The van der Waals surface area contributed by atoms with Gasteiger partial charge < -0.3 is 23.7 Å². The van der Waals surface area contributed by atoms with Crippen molar-refractivity contribution in [3.05, 3.63) is 54.0 Å². The Morgan fingerprint density at radius 1 is 1.23 bits per heavy atom. The summed E-state index contributed by atoms with van der Waals surface area (Å²) in [6, 6.07) is 4.38. The van der Waals surface area contributed by atoms with Crippen LogP contribution in [0.5, 0.6) is 0 Å². The number of halogens is 1. The Hall–Kier alpha value is -3.20. The molecule has 0 saturated heterocycles. The minimum absolute atomic E-state index is 0.00435. The second kappa shape index (κ2) is 7.36. The average molecular weight is 361 g/mol. The molecule has 0 unspecified atom stereocenters. The quantitative estimate of drug-likeness (QED) is 0.762. The van der Waals surface area contributed by atoms with Crippen LogP contribution in [0.1, 0.15) is 0 Å². The zero-order chi connectivity index (χ0) is 18.7. The summed E-state index contributed by atoms with van der Waals surface area (Å²) in [5.74, 6) is -1.99. The first-order valence-corrected chi connectivity index (χ1v) is 7.59. The second-order valence-corrected chi connectivity index (χ2v) is 5.32. The van der Waals surface area contributed by atoms with Crippen molar-refractivity contribution < 1.29 is 28.2 Å². The van der Waals surface area contributed by atoms with Crippen LogP contribution in [0.15, 0.2) is 48.2 Å². The van der Waals surface area contributed by atoms with E-state index in [0.717, 1.165) is 0 Å². The first-order chi connectivity index (χ1) is 12.6. The highest BCUT2D eigenvalue weighted by Gasteiger charge is 2.32. The maximum absolute atomic E-state index is 14.6. The summed E-state index contributed by atoms with van der Waals surface area (Å²) in [5.41, 5.74) is 0.582. The van der Waals surface area contributed by atoms with Gasteiger partial charge in [0.25, 0.3) is 0 Å². The highest BCUT2D eigenvalue weighted by atomic mass is 19.1. The largest absolute Gasteiger partial charge is 0.466 e. The lowest BCUT2D eigenvalue weighted by atomic mass is 10.1. The van der Waals surface area contributed by atoms with Crippen LogP contribution in [0, 0.1) is 5.82 Å². The van der Waals surface area contributed by atoms with Gasteiger partial charge in [-0.2, -0.15) is 0 Å². The van der Waals surface area contributed by atoms with Gasteiger partial charge in [0.15, 0.2) is 0 Å². The van der Waals surface area contributed by atoms with E-state index in [0.29, 0.717) is 11.4 Å². The number of rotatable bonds is 4. The van der Waals surface area contributed by atoms with Gasteiger partial charge in [-0.25, -0.2) is 19.0 Å². The van der Waals surface area contributed by atoms with Crippen LogP contribution >= 0.6 is 0 Å². The number of imidazole rings is 1. The van der Waals surface area contributed by atoms with Crippen molar-refractivity contribution in [2.24, 2.45) is 0 Å². The highest BCUT2D eigenvalue weighted by Crippen LogP contribution is 2.28. The van der Waals surface area contributed by atoms with Crippen LogP contribution in [0.4, 0.5) is 10.1 Å². The number of methoxy groups -OCH3 is 2. The van der Waals surface area contributed by atoms with Gasteiger partial charge in [0.2, 0.25) is 0 Å². The van der Waals surface area contributed by atoms with Gasteiger partial charge in [-0.1, -0.05) is 0 Å². The van der Waals surface area contributed by atoms with Gasteiger partial charge in [-0.05, 0) is 18.2 Å². The lowest BCUT2D eigenvalue weighted by Gasteiger charge is -2.31. The van der Waals surface area contributed by atoms with Crippen LogP contribution in [-0.2, 0) is 23.8 Å². The third kappa shape index (κ3) is 3.16. The molecule has 3 rings (SSSR count). The molecule has 1 aromatic heterocycles. The van der Waals surface area contributed by atoms with Crippen LogP contribution in [0.2, 0.25) is 0 Å². The van der Waals surface area contributed by atoms with Crippen LogP contribution < -0.4 is 4.90 Å². The van der Waals surface area contributed by atoms with E-state index >= 15 is 0 Å². The monoisotopic (exact) mass is 361 g/mol. The number of aromatic nitrogens is 2. The number of ether oxygens (including phenoxy) is 3. The summed E-state index contributed by atoms with van der Waals surface area (Å²) in [7, 11) is 2.39. The van der Waals surface area contributed by atoms with Crippen molar-refractivity contribution in [1.82, 2.24) is 9.55 Å². The molecule has 2 heterocycles. The SMILES string of the molecule is COC(=O)C1=C(C(=O)OC)N(c2ccc(-n3ccnc3)c(F)c2)COC1. The molecule has 2 aromatic rings. The molecule has 0 radical (unpaired) electrons. The van der Waals surface area contributed by atoms with Crippen molar-refractivity contribution in [3.63, 3.8) is 0 Å². The van der Waals surface area contributed by atoms with Crippen molar-refractivity contribution in [2.75, 3.05) is 32.5 Å². The van der Waals surface area contributed by atoms with E-state index in [-0.39, 0.29) is 24.6 Å². The molecule has 0 atom stereocenters. The lowest BCUT2D eigenvalue weighted by Crippen LogP contribution is -2.38. The van der Waals surface area contributed by atoms with Gasteiger partial charge in [-0.3, -0.25) is 0 Å². The standard InChI is InChI=1S/C17H16FN3O5/c1-24-16(22)12-8-26-10-21(15(12)17(23)25-2)11-3-4-14(13(18)7-11)20-6-5-19-9-20/h3-7,9H,8,10H2,1-2H3. The van der Waals surface area contributed by atoms with E-state index < -0.39 is 17.8 Å². The topological polar surface area (TPSA) is 82.9 Å². The fourth-order valence-corrected chi connectivity index (χ4v) is 2.62. The Bertz CT molecular complexity index is 863. The third-order valence-electron chi connectivity index (χ3n) is 3.86. The van der Waals surface area contributed by atoms with E-state index in [1.807, 2.05) is 0 Å². The number of esters is 2. The molecule has 0 aliphatic carbocycles. The Morgan fingerprint density at radius 3 is 2.62 bits per heavy atom. The van der Waals surface area contributed by atoms with Crippen LogP contribution in [0.3, 0.4) is 0 Å². The molecule has 1 aliphatic heterocycles. The zero-order valence-corrected chi connectivity index (χ0v) is 14.1. The number of benzene rings is 1. The summed E-state index contributed by atoms with van der Waals surface area (Å²) in [6.45, 7) is -0.155. The fraction of sp³-hybridized carbons (Fsp3) is 0.235. The summed E-state index contributed by atoms with van der Waals surface area (Å²) in [4.78, 5) is 29.4. The Morgan fingerprint density at radius 2 is 2.00 bits per heavy atom. The smallest absolute Gasteiger partial charge is 0.355 e. The molecule has 0 fully saturated rings. The molecule has 8 nitrogen and oxygen atoms in total. The van der Waals surface area contributed by atoms with E-state index in [9.17, 15) is 14.0 Å². The normalized spacial score (nSPS) is 14.3. The predicted molar refractivity (Wildman–Crippen MR) is 87.9 cm³/mol. The molecular formula is C17H16FN3O5. The third-order valence-corrected chi connectivity index (χ3v) is 3.86. The molecule has 26 heavy (non-hydrogen) atoms. The van der Waals surface area contributed by atoms with Gasteiger partial charge in [0.1, 0.15) is 18.2 Å². The number of hydrogen-bond acceptors (Lipinski definition) is 7. The van der Waals surface area contributed by atoms with Crippen LogP contribution in [0.25, 0.3) is 5.69 Å². The number of anilines is 1. The summed E-state index contributed by atoms with van der Waals surface area (Å²) in [6.07, 6.45) is 4.61. The number of nitrogens with zero attached hydrogens (tertiary/aromatic N) is 3. The fourth-order valence-electron chi connectivity index (χ4n) is 2.62. The predicted octanol–water partition coefficient (Wildman–Crippen LogP) is 1.41. The van der Waals surface area contributed by atoms with E-state index in [1.165, 1.54) is 48.3 Å². The van der Waals surface area contributed by atoms with E-state index in [1.54, 1.807) is 12.3 Å². The molecule has 0 saturated carbocycles. The van der Waals surface area contributed by atoms with Gasteiger partial charge in [-0.15, -0.1) is 0 Å².